The van der Waals surface area contributed by atoms with Gasteiger partial charge in [0.15, 0.2) is 0 Å². The molecular formula is C21H43O9P. The fourth-order valence-corrected chi connectivity index (χ4v) is 3.67. The predicted molar refractivity (Wildman–Crippen MR) is 117 cm³/mol. The lowest BCUT2D eigenvalue weighted by atomic mass is 10.0. The fraction of sp³-hybridized carbons (Fsp3) is 0.952. The fourth-order valence-electron chi connectivity index (χ4n) is 2.87. The van der Waals surface area contributed by atoms with Crippen LogP contribution in [0.5, 0.6) is 0 Å². The molecule has 0 heterocycles. The van der Waals surface area contributed by atoms with Gasteiger partial charge in [0.05, 0.1) is 19.8 Å². The Labute approximate surface area is 186 Å². The number of hydrogen-bond donors (Lipinski definition) is 4. The van der Waals surface area contributed by atoms with Gasteiger partial charge >= 0.3 is 13.8 Å². The van der Waals surface area contributed by atoms with Gasteiger partial charge in [0.25, 0.3) is 0 Å². The summed E-state index contributed by atoms with van der Waals surface area (Å²) in [5, 5.41) is 27.3. The van der Waals surface area contributed by atoms with E-state index >= 15 is 0 Å². The number of rotatable bonds is 22. The standard InChI is InChI=1S/C21H43O9P/c1-2-3-4-5-6-7-8-9-10-11-12-13-14-21(25)28-16-20(24)18-30-31(26,27)29-17-19(23)15-22/h19-20,22-24H,2-18H2,1H3,(H,26,27)/t19?,20-/m1/s1. The highest BCUT2D eigenvalue weighted by molar-refractivity contribution is 7.47. The van der Waals surface area contributed by atoms with Gasteiger partial charge in [-0.3, -0.25) is 13.8 Å². The van der Waals surface area contributed by atoms with Gasteiger partial charge in [-0.1, -0.05) is 77.6 Å². The Bertz CT molecular complexity index is 476. The largest absolute Gasteiger partial charge is 0.472 e. The summed E-state index contributed by atoms with van der Waals surface area (Å²) in [6.45, 7) is 0.0846. The van der Waals surface area contributed by atoms with Crippen LogP contribution >= 0.6 is 7.82 Å². The first-order valence-electron chi connectivity index (χ1n) is 11.5. The molecule has 0 radical (unpaired) electrons. The summed E-state index contributed by atoms with van der Waals surface area (Å²) in [5.74, 6) is -0.430. The molecule has 0 saturated carbocycles. The quantitative estimate of drug-likeness (QED) is 0.106. The SMILES string of the molecule is CCCCCCCCCCCCCCC(=O)OC[C@@H](O)COP(=O)(O)OCC(O)CO. The van der Waals surface area contributed by atoms with Crippen LogP contribution in [0.3, 0.4) is 0 Å². The van der Waals surface area contributed by atoms with Gasteiger partial charge in [-0.05, 0) is 6.42 Å². The Morgan fingerprint density at radius 1 is 0.774 bits per heavy atom. The van der Waals surface area contributed by atoms with Crippen LogP contribution < -0.4 is 0 Å². The van der Waals surface area contributed by atoms with Crippen LogP contribution in [0, 0.1) is 0 Å². The molecule has 0 aliphatic rings. The smallest absolute Gasteiger partial charge is 0.463 e. The summed E-state index contributed by atoms with van der Waals surface area (Å²) in [5.41, 5.74) is 0. The Balaban J connectivity index is 3.57. The van der Waals surface area contributed by atoms with Crippen LogP contribution in [-0.2, 0) is 23.1 Å². The van der Waals surface area contributed by atoms with Gasteiger partial charge in [-0.15, -0.1) is 0 Å². The number of aliphatic hydroxyl groups is 3. The summed E-state index contributed by atoms with van der Waals surface area (Å²) >= 11 is 0. The Morgan fingerprint density at radius 3 is 1.71 bits per heavy atom. The Kier molecular flexibility index (Phi) is 19.7. The minimum atomic E-state index is -4.48. The summed E-state index contributed by atoms with van der Waals surface area (Å²) in [7, 11) is -4.48. The lowest BCUT2D eigenvalue weighted by Gasteiger charge is -2.16. The second kappa shape index (κ2) is 20.1. The van der Waals surface area contributed by atoms with Crippen LogP contribution in [0.2, 0.25) is 0 Å². The Hall–Kier alpha value is -0.540. The highest BCUT2D eigenvalue weighted by atomic mass is 31.2. The van der Waals surface area contributed by atoms with Crippen molar-refractivity contribution < 1.29 is 43.4 Å². The maximum atomic E-state index is 11.7. The van der Waals surface area contributed by atoms with E-state index in [1.807, 2.05) is 0 Å². The summed E-state index contributed by atoms with van der Waals surface area (Å²) in [4.78, 5) is 21.0. The van der Waals surface area contributed by atoms with Gasteiger partial charge in [-0.2, -0.15) is 0 Å². The molecular weight excluding hydrogens is 427 g/mol. The molecule has 9 nitrogen and oxygen atoms in total. The number of ether oxygens (including phenoxy) is 1. The average Bonchev–Trinajstić information content (AvgIpc) is 2.75. The van der Waals surface area contributed by atoms with Gasteiger partial charge < -0.3 is 24.9 Å². The highest BCUT2D eigenvalue weighted by Gasteiger charge is 2.24. The van der Waals surface area contributed by atoms with Crippen LogP contribution in [-0.4, -0.2) is 64.8 Å². The predicted octanol–water partition coefficient (Wildman–Crippen LogP) is 3.47. The normalized spacial score (nSPS) is 15.4. The molecule has 10 heteroatoms. The van der Waals surface area contributed by atoms with E-state index in [1.165, 1.54) is 57.8 Å². The molecule has 0 aromatic rings. The third-order valence-electron chi connectivity index (χ3n) is 4.74. The minimum Gasteiger partial charge on any atom is -0.463 e. The van der Waals surface area contributed by atoms with Crippen molar-refractivity contribution >= 4 is 13.8 Å². The first-order valence-corrected chi connectivity index (χ1v) is 13.0. The maximum absolute atomic E-state index is 11.7. The number of phosphoric ester groups is 1. The number of unbranched alkanes of at least 4 members (excludes halogenated alkanes) is 11. The van der Waals surface area contributed by atoms with E-state index in [9.17, 15) is 19.4 Å². The van der Waals surface area contributed by atoms with E-state index < -0.39 is 45.8 Å². The molecule has 3 atom stereocenters. The van der Waals surface area contributed by atoms with E-state index in [0.29, 0.717) is 0 Å². The number of phosphoric acid groups is 1. The zero-order chi connectivity index (χ0) is 23.4. The summed E-state index contributed by atoms with van der Waals surface area (Å²) < 4.78 is 25.4. The third kappa shape index (κ3) is 21.1. The molecule has 4 N–H and O–H groups in total. The molecule has 0 aromatic carbocycles. The van der Waals surface area contributed by atoms with E-state index in [0.717, 1.165) is 19.3 Å². The van der Waals surface area contributed by atoms with Gasteiger partial charge in [-0.25, -0.2) is 4.57 Å². The molecule has 186 valence electrons. The molecule has 2 unspecified atom stereocenters. The van der Waals surface area contributed by atoms with Crippen LogP contribution in [0.1, 0.15) is 90.4 Å². The van der Waals surface area contributed by atoms with Gasteiger partial charge in [0, 0.05) is 6.42 Å². The van der Waals surface area contributed by atoms with Crippen LogP contribution in [0.15, 0.2) is 0 Å². The molecule has 0 saturated heterocycles. The van der Waals surface area contributed by atoms with Crippen molar-refractivity contribution in [3.8, 4) is 0 Å². The van der Waals surface area contributed by atoms with E-state index in [1.54, 1.807) is 0 Å². The molecule has 0 aliphatic carbocycles. The average molecular weight is 471 g/mol. The number of aliphatic hydroxyl groups excluding tert-OH is 3. The first kappa shape index (κ1) is 30.5. The maximum Gasteiger partial charge on any atom is 0.472 e. The van der Waals surface area contributed by atoms with Crippen molar-refractivity contribution in [2.24, 2.45) is 0 Å². The molecule has 0 aliphatic heterocycles. The van der Waals surface area contributed by atoms with E-state index in [4.69, 9.17) is 14.9 Å². The van der Waals surface area contributed by atoms with Crippen molar-refractivity contribution in [1.82, 2.24) is 0 Å². The van der Waals surface area contributed by atoms with Crippen LogP contribution in [0.4, 0.5) is 0 Å². The van der Waals surface area contributed by atoms with Crippen molar-refractivity contribution in [3.63, 3.8) is 0 Å². The summed E-state index contributed by atoms with van der Waals surface area (Å²) in [6.07, 6.45) is 12.1. The van der Waals surface area contributed by atoms with Gasteiger partial charge in [0.2, 0.25) is 0 Å². The molecule has 0 spiro atoms. The molecule has 0 bridgehead atoms. The number of hydrogen-bond acceptors (Lipinski definition) is 8. The van der Waals surface area contributed by atoms with Crippen molar-refractivity contribution in [2.75, 3.05) is 26.4 Å². The lowest BCUT2D eigenvalue weighted by molar-refractivity contribution is -0.147. The lowest BCUT2D eigenvalue weighted by Crippen LogP contribution is -2.24. The minimum absolute atomic E-state index is 0.270. The number of esters is 1. The van der Waals surface area contributed by atoms with E-state index in [2.05, 4.69) is 16.0 Å². The zero-order valence-corrected chi connectivity index (χ0v) is 19.8. The van der Waals surface area contributed by atoms with Crippen molar-refractivity contribution in [3.05, 3.63) is 0 Å². The number of carbonyl (C=O) groups excluding carboxylic acids is 1. The van der Waals surface area contributed by atoms with Crippen molar-refractivity contribution in [1.29, 1.82) is 0 Å². The first-order chi connectivity index (χ1) is 14.8. The van der Waals surface area contributed by atoms with Crippen molar-refractivity contribution in [2.45, 2.75) is 103 Å². The molecule has 31 heavy (non-hydrogen) atoms. The highest BCUT2D eigenvalue weighted by Crippen LogP contribution is 2.43. The monoisotopic (exact) mass is 470 g/mol. The second-order valence-corrected chi connectivity index (χ2v) is 9.33. The molecule has 0 rings (SSSR count). The number of carbonyl (C=O) groups is 1. The molecule has 0 amide bonds. The second-order valence-electron chi connectivity index (χ2n) is 7.87. The summed E-state index contributed by atoms with van der Waals surface area (Å²) in [6, 6.07) is 0. The third-order valence-corrected chi connectivity index (χ3v) is 5.69. The molecule has 0 fully saturated rings. The molecule has 0 aromatic heterocycles. The van der Waals surface area contributed by atoms with E-state index in [-0.39, 0.29) is 13.0 Å². The zero-order valence-electron chi connectivity index (χ0n) is 19.0. The van der Waals surface area contributed by atoms with Crippen LogP contribution in [0.25, 0.3) is 0 Å². The Morgan fingerprint density at radius 2 is 1.23 bits per heavy atom. The topological polar surface area (TPSA) is 143 Å². The van der Waals surface area contributed by atoms with Gasteiger partial charge in [0.1, 0.15) is 18.8 Å².